The second-order valence-corrected chi connectivity index (χ2v) is 7.72. The fourth-order valence-electron chi connectivity index (χ4n) is 3.68. The predicted molar refractivity (Wildman–Crippen MR) is 117 cm³/mol. The standard InChI is InChI=1S/C23H37N3O3/c1-18-11-13-19(14-12-18)22-20(9-8-16-29-22)17-26-23(24-2)25-15-7-5-4-6-10-21(27)28-3/h11-14,20,22H,4-10,15-17H2,1-3H3,(H2,24,25,26). The molecule has 1 aliphatic heterocycles. The Morgan fingerprint density at radius 3 is 2.66 bits per heavy atom. The summed E-state index contributed by atoms with van der Waals surface area (Å²) in [6, 6.07) is 8.68. The van der Waals surface area contributed by atoms with Gasteiger partial charge in [-0.1, -0.05) is 42.7 Å². The summed E-state index contributed by atoms with van der Waals surface area (Å²) in [6.07, 6.45) is 6.99. The van der Waals surface area contributed by atoms with Gasteiger partial charge in [-0.2, -0.15) is 0 Å². The molecular weight excluding hydrogens is 366 g/mol. The summed E-state index contributed by atoms with van der Waals surface area (Å²) in [4.78, 5) is 15.4. The van der Waals surface area contributed by atoms with Gasteiger partial charge < -0.3 is 20.1 Å². The molecule has 1 aliphatic rings. The lowest BCUT2D eigenvalue weighted by Gasteiger charge is -2.32. The summed E-state index contributed by atoms with van der Waals surface area (Å²) in [7, 11) is 3.24. The van der Waals surface area contributed by atoms with Crippen molar-refractivity contribution in [3.63, 3.8) is 0 Å². The molecule has 0 bridgehead atoms. The highest BCUT2D eigenvalue weighted by atomic mass is 16.5. The molecule has 6 nitrogen and oxygen atoms in total. The van der Waals surface area contributed by atoms with E-state index < -0.39 is 0 Å². The summed E-state index contributed by atoms with van der Waals surface area (Å²) in [5, 5.41) is 6.86. The normalized spacial score (nSPS) is 19.6. The Morgan fingerprint density at radius 1 is 1.17 bits per heavy atom. The average molecular weight is 404 g/mol. The van der Waals surface area contributed by atoms with Gasteiger partial charge in [0.1, 0.15) is 0 Å². The molecule has 2 unspecified atom stereocenters. The van der Waals surface area contributed by atoms with Crippen molar-refractivity contribution < 1.29 is 14.3 Å². The van der Waals surface area contributed by atoms with Crippen molar-refractivity contribution in [2.24, 2.45) is 10.9 Å². The third kappa shape index (κ3) is 8.44. The van der Waals surface area contributed by atoms with Gasteiger partial charge in [0.15, 0.2) is 5.96 Å². The van der Waals surface area contributed by atoms with Crippen molar-refractivity contribution in [1.82, 2.24) is 10.6 Å². The quantitative estimate of drug-likeness (QED) is 0.269. The molecule has 6 heteroatoms. The van der Waals surface area contributed by atoms with E-state index in [1.807, 2.05) is 0 Å². The number of ether oxygens (including phenoxy) is 2. The van der Waals surface area contributed by atoms with Gasteiger partial charge in [-0.25, -0.2) is 0 Å². The second kappa shape index (κ2) is 13.2. The van der Waals surface area contributed by atoms with Crippen LogP contribution in [0.2, 0.25) is 0 Å². The number of hydrogen-bond acceptors (Lipinski definition) is 4. The topological polar surface area (TPSA) is 72.0 Å². The first-order valence-electron chi connectivity index (χ1n) is 10.8. The van der Waals surface area contributed by atoms with E-state index in [-0.39, 0.29) is 12.1 Å². The molecule has 1 aromatic rings. The third-order valence-electron chi connectivity index (χ3n) is 5.43. The first-order valence-corrected chi connectivity index (χ1v) is 10.8. The van der Waals surface area contributed by atoms with E-state index in [1.165, 1.54) is 18.2 Å². The Labute approximate surface area is 175 Å². The van der Waals surface area contributed by atoms with Crippen molar-refractivity contribution in [1.29, 1.82) is 0 Å². The maximum atomic E-state index is 11.1. The number of hydrogen-bond donors (Lipinski definition) is 2. The first-order chi connectivity index (χ1) is 14.1. The minimum Gasteiger partial charge on any atom is -0.469 e. The molecule has 0 saturated carbocycles. The highest BCUT2D eigenvalue weighted by Gasteiger charge is 2.27. The van der Waals surface area contributed by atoms with E-state index in [2.05, 4.69) is 51.6 Å². The van der Waals surface area contributed by atoms with Crippen molar-refractivity contribution in [3.05, 3.63) is 35.4 Å². The fraction of sp³-hybridized carbons (Fsp3) is 0.652. The number of carbonyl (C=O) groups excluding carboxylic acids is 1. The molecule has 2 rings (SSSR count). The predicted octanol–water partition coefficient (Wildman–Crippen LogP) is 3.75. The molecule has 0 amide bonds. The molecule has 0 radical (unpaired) electrons. The van der Waals surface area contributed by atoms with Crippen LogP contribution >= 0.6 is 0 Å². The number of aryl methyl sites for hydroxylation is 1. The van der Waals surface area contributed by atoms with Crippen LogP contribution in [0.5, 0.6) is 0 Å². The lowest BCUT2D eigenvalue weighted by molar-refractivity contribution is -0.140. The smallest absolute Gasteiger partial charge is 0.305 e. The molecule has 2 N–H and O–H groups in total. The molecule has 0 spiro atoms. The van der Waals surface area contributed by atoms with Crippen LogP contribution in [0.25, 0.3) is 0 Å². The number of methoxy groups -OCH3 is 1. The van der Waals surface area contributed by atoms with Gasteiger partial charge in [0.05, 0.1) is 13.2 Å². The maximum absolute atomic E-state index is 11.1. The van der Waals surface area contributed by atoms with Crippen molar-refractivity contribution in [3.8, 4) is 0 Å². The van der Waals surface area contributed by atoms with Crippen molar-refractivity contribution in [2.45, 2.75) is 58.0 Å². The van der Waals surface area contributed by atoms with Crippen LogP contribution < -0.4 is 10.6 Å². The zero-order chi connectivity index (χ0) is 20.9. The van der Waals surface area contributed by atoms with E-state index >= 15 is 0 Å². The van der Waals surface area contributed by atoms with Gasteiger partial charge in [-0.3, -0.25) is 9.79 Å². The summed E-state index contributed by atoms with van der Waals surface area (Å²) in [5.74, 6) is 1.15. The number of aliphatic imine (C=N–C) groups is 1. The molecule has 0 aliphatic carbocycles. The Morgan fingerprint density at radius 2 is 1.93 bits per heavy atom. The van der Waals surface area contributed by atoms with Crippen molar-refractivity contribution in [2.75, 3.05) is 33.9 Å². The number of rotatable bonds is 10. The highest BCUT2D eigenvalue weighted by Crippen LogP contribution is 2.33. The van der Waals surface area contributed by atoms with Gasteiger partial charge in [-0.05, 0) is 38.2 Å². The molecule has 0 aromatic heterocycles. The number of unbranched alkanes of at least 4 members (excludes halogenated alkanes) is 3. The lowest BCUT2D eigenvalue weighted by Crippen LogP contribution is -2.42. The Kier molecular flexibility index (Phi) is 10.6. The van der Waals surface area contributed by atoms with Crippen LogP contribution in [0.3, 0.4) is 0 Å². The molecule has 1 heterocycles. The third-order valence-corrected chi connectivity index (χ3v) is 5.43. The van der Waals surface area contributed by atoms with Gasteiger partial charge in [0.2, 0.25) is 0 Å². The van der Waals surface area contributed by atoms with E-state index in [0.29, 0.717) is 12.3 Å². The molecule has 1 aromatic carbocycles. The van der Waals surface area contributed by atoms with Gasteiger partial charge in [0, 0.05) is 39.1 Å². The van der Waals surface area contributed by atoms with Gasteiger partial charge in [-0.15, -0.1) is 0 Å². The maximum Gasteiger partial charge on any atom is 0.305 e. The van der Waals surface area contributed by atoms with Gasteiger partial charge in [0.25, 0.3) is 0 Å². The lowest BCUT2D eigenvalue weighted by atomic mass is 9.89. The molecule has 1 fully saturated rings. The number of carbonyl (C=O) groups is 1. The molecule has 1 saturated heterocycles. The summed E-state index contributed by atoms with van der Waals surface area (Å²) < 4.78 is 10.8. The molecule has 162 valence electrons. The van der Waals surface area contributed by atoms with Crippen LogP contribution in [-0.4, -0.2) is 45.8 Å². The first kappa shape index (κ1) is 23.2. The Bertz CT molecular complexity index is 631. The van der Waals surface area contributed by atoms with Crippen LogP contribution in [0, 0.1) is 12.8 Å². The fourth-order valence-corrected chi connectivity index (χ4v) is 3.68. The second-order valence-electron chi connectivity index (χ2n) is 7.72. The monoisotopic (exact) mass is 403 g/mol. The van der Waals surface area contributed by atoms with E-state index in [4.69, 9.17) is 4.74 Å². The van der Waals surface area contributed by atoms with Crippen LogP contribution in [-0.2, 0) is 14.3 Å². The average Bonchev–Trinajstić information content (AvgIpc) is 2.75. The van der Waals surface area contributed by atoms with E-state index in [0.717, 1.165) is 64.2 Å². The molecular formula is C23H37N3O3. The number of nitrogens with one attached hydrogen (secondary N) is 2. The Balaban J connectivity index is 1.69. The molecule has 2 atom stereocenters. The van der Waals surface area contributed by atoms with Gasteiger partial charge >= 0.3 is 5.97 Å². The number of esters is 1. The molecule has 29 heavy (non-hydrogen) atoms. The van der Waals surface area contributed by atoms with E-state index in [1.54, 1.807) is 7.05 Å². The van der Waals surface area contributed by atoms with Crippen LogP contribution in [0.1, 0.15) is 62.2 Å². The zero-order valence-electron chi connectivity index (χ0n) is 18.2. The number of benzene rings is 1. The summed E-state index contributed by atoms with van der Waals surface area (Å²) in [6.45, 7) is 4.66. The zero-order valence-corrected chi connectivity index (χ0v) is 18.2. The SMILES string of the molecule is CN=C(NCCCCCCC(=O)OC)NCC1CCCOC1c1ccc(C)cc1. The van der Waals surface area contributed by atoms with Crippen LogP contribution in [0.15, 0.2) is 29.3 Å². The minimum absolute atomic E-state index is 0.122. The number of nitrogens with zero attached hydrogens (tertiary/aromatic N) is 1. The Hall–Kier alpha value is -2.08. The summed E-state index contributed by atoms with van der Waals surface area (Å²) >= 11 is 0. The van der Waals surface area contributed by atoms with E-state index in [9.17, 15) is 4.79 Å². The van der Waals surface area contributed by atoms with Crippen LogP contribution in [0.4, 0.5) is 0 Å². The van der Waals surface area contributed by atoms with Crippen molar-refractivity contribution >= 4 is 11.9 Å². The largest absolute Gasteiger partial charge is 0.469 e. The number of guanidine groups is 1. The summed E-state index contributed by atoms with van der Waals surface area (Å²) in [5.41, 5.74) is 2.53. The minimum atomic E-state index is -0.122. The highest BCUT2D eigenvalue weighted by molar-refractivity contribution is 5.79.